The van der Waals surface area contributed by atoms with Crippen LogP contribution in [0.3, 0.4) is 0 Å². The van der Waals surface area contributed by atoms with Gasteiger partial charge in [-0.05, 0) is 12.8 Å². The van der Waals surface area contributed by atoms with Gasteiger partial charge in [-0.1, -0.05) is 0 Å². The highest BCUT2D eigenvalue weighted by molar-refractivity contribution is 5.67. The minimum Gasteiger partial charge on any atom is -0.453 e. The summed E-state index contributed by atoms with van der Waals surface area (Å²) in [5, 5.41) is 0. The Labute approximate surface area is 96.6 Å². The third kappa shape index (κ3) is 2.08. The summed E-state index contributed by atoms with van der Waals surface area (Å²) >= 11 is 0. The number of aromatic amines is 1. The Hall–Kier alpha value is -2.05. The first kappa shape index (κ1) is 11.4. The van der Waals surface area contributed by atoms with E-state index in [1.165, 1.54) is 28.8 Å². The average molecular weight is 239 g/mol. The molecule has 1 amide bonds. The van der Waals surface area contributed by atoms with Gasteiger partial charge in [0.05, 0.1) is 7.11 Å². The molecule has 7 heteroatoms. The van der Waals surface area contributed by atoms with Crippen molar-refractivity contribution in [2.45, 2.75) is 19.0 Å². The Balaban J connectivity index is 2.36. The van der Waals surface area contributed by atoms with E-state index in [-0.39, 0.29) is 6.17 Å². The van der Waals surface area contributed by atoms with Crippen molar-refractivity contribution in [1.29, 1.82) is 0 Å². The fourth-order valence-electron chi connectivity index (χ4n) is 2.03. The Bertz CT molecular complexity index is 533. The van der Waals surface area contributed by atoms with Crippen LogP contribution in [-0.4, -0.2) is 34.2 Å². The van der Waals surface area contributed by atoms with E-state index in [1.807, 2.05) is 0 Å². The summed E-state index contributed by atoms with van der Waals surface area (Å²) < 4.78 is 5.99. The lowest BCUT2D eigenvalue weighted by atomic mass is 10.3. The van der Waals surface area contributed by atoms with E-state index in [4.69, 9.17) is 0 Å². The lowest BCUT2D eigenvalue weighted by Gasteiger charge is -2.24. The van der Waals surface area contributed by atoms with Gasteiger partial charge in [0.2, 0.25) is 0 Å². The number of nitrogens with one attached hydrogen (secondary N) is 1. The maximum atomic E-state index is 11.6. The molecule has 0 radical (unpaired) electrons. The molecule has 0 saturated carbocycles. The minimum atomic E-state index is -0.515. The Morgan fingerprint density at radius 1 is 1.53 bits per heavy atom. The van der Waals surface area contributed by atoms with Gasteiger partial charge < -0.3 is 4.74 Å². The zero-order valence-corrected chi connectivity index (χ0v) is 9.38. The van der Waals surface area contributed by atoms with Gasteiger partial charge in [-0.15, -0.1) is 0 Å². The van der Waals surface area contributed by atoms with E-state index in [9.17, 15) is 14.4 Å². The summed E-state index contributed by atoms with van der Waals surface area (Å²) in [5.74, 6) is 0. The van der Waals surface area contributed by atoms with Gasteiger partial charge in [0, 0.05) is 18.8 Å². The summed E-state index contributed by atoms with van der Waals surface area (Å²) in [4.78, 5) is 37.7. The molecule has 0 bridgehead atoms. The number of rotatable bonds is 1. The number of ether oxygens (including phenoxy) is 1. The number of hydrogen-bond acceptors (Lipinski definition) is 4. The van der Waals surface area contributed by atoms with Crippen LogP contribution in [0, 0.1) is 0 Å². The van der Waals surface area contributed by atoms with Gasteiger partial charge in [0.1, 0.15) is 6.17 Å². The highest BCUT2D eigenvalue weighted by Gasteiger charge is 2.31. The number of carbonyl (C=O) groups excluding carboxylic acids is 1. The largest absolute Gasteiger partial charge is 0.453 e. The van der Waals surface area contributed by atoms with E-state index >= 15 is 0 Å². The molecule has 2 rings (SSSR count). The molecule has 2 heterocycles. The SMILES string of the molecule is COC(=O)N1CCCC1n1ccc(=O)[nH]c1=O. The summed E-state index contributed by atoms with van der Waals surface area (Å²) in [6.07, 6.45) is 2.01. The van der Waals surface area contributed by atoms with E-state index in [1.54, 1.807) is 0 Å². The van der Waals surface area contributed by atoms with Crippen LogP contribution in [0.5, 0.6) is 0 Å². The van der Waals surface area contributed by atoms with E-state index < -0.39 is 17.3 Å². The molecule has 0 spiro atoms. The molecule has 17 heavy (non-hydrogen) atoms. The van der Waals surface area contributed by atoms with Gasteiger partial charge in [-0.2, -0.15) is 0 Å². The molecular formula is C10H13N3O4. The van der Waals surface area contributed by atoms with Crippen LogP contribution in [0.15, 0.2) is 21.9 Å². The zero-order chi connectivity index (χ0) is 12.4. The lowest BCUT2D eigenvalue weighted by molar-refractivity contribution is 0.103. The molecule has 1 N–H and O–H groups in total. The second-order valence-electron chi connectivity index (χ2n) is 3.80. The van der Waals surface area contributed by atoms with Crippen LogP contribution in [-0.2, 0) is 4.74 Å². The number of hydrogen-bond donors (Lipinski definition) is 1. The topological polar surface area (TPSA) is 84.4 Å². The van der Waals surface area contributed by atoms with Crippen molar-refractivity contribution >= 4 is 6.09 Å². The molecule has 1 aromatic rings. The van der Waals surface area contributed by atoms with E-state index in [2.05, 4.69) is 9.72 Å². The van der Waals surface area contributed by atoms with Crippen LogP contribution >= 0.6 is 0 Å². The first-order valence-corrected chi connectivity index (χ1v) is 5.29. The maximum absolute atomic E-state index is 11.6. The number of likely N-dealkylation sites (tertiary alicyclic amines) is 1. The minimum absolute atomic E-state index is 0.383. The third-order valence-electron chi connectivity index (χ3n) is 2.80. The number of carbonyl (C=O) groups is 1. The molecule has 1 aliphatic heterocycles. The molecule has 0 aliphatic carbocycles. The molecule has 0 aromatic carbocycles. The fraction of sp³-hybridized carbons (Fsp3) is 0.500. The molecule has 1 atom stereocenters. The number of aromatic nitrogens is 2. The van der Waals surface area contributed by atoms with Crippen LogP contribution in [0.1, 0.15) is 19.0 Å². The molecule has 1 fully saturated rings. The van der Waals surface area contributed by atoms with Crippen molar-refractivity contribution in [3.8, 4) is 0 Å². The summed E-state index contributed by atoms with van der Waals surface area (Å²) in [6.45, 7) is 0.545. The van der Waals surface area contributed by atoms with Crippen molar-refractivity contribution in [2.24, 2.45) is 0 Å². The molecule has 7 nitrogen and oxygen atoms in total. The molecule has 1 unspecified atom stereocenters. The van der Waals surface area contributed by atoms with Crippen molar-refractivity contribution < 1.29 is 9.53 Å². The van der Waals surface area contributed by atoms with Gasteiger partial charge >= 0.3 is 11.8 Å². The number of H-pyrrole nitrogens is 1. The second kappa shape index (κ2) is 4.44. The zero-order valence-electron chi connectivity index (χ0n) is 9.38. The van der Waals surface area contributed by atoms with Gasteiger partial charge in [-0.25, -0.2) is 9.59 Å². The van der Waals surface area contributed by atoms with Crippen LogP contribution in [0.2, 0.25) is 0 Å². The van der Waals surface area contributed by atoms with Crippen molar-refractivity contribution in [2.75, 3.05) is 13.7 Å². The third-order valence-corrected chi connectivity index (χ3v) is 2.80. The molecular weight excluding hydrogens is 226 g/mol. The van der Waals surface area contributed by atoms with Crippen molar-refractivity contribution in [1.82, 2.24) is 14.5 Å². The highest BCUT2D eigenvalue weighted by Crippen LogP contribution is 2.25. The Morgan fingerprint density at radius 2 is 2.29 bits per heavy atom. The average Bonchev–Trinajstić information content (AvgIpc) is 2.77. The standard InChI is InChI=1S/C10H13N3O4/c1-17-10(16)13-5-2-3-8(13)12-6-4-7(14)11-9(12)15/h4,6,8H,2-3,5H2,1H3,(H,11,14,15). The normalized spacial score (nSPS) is 19.4. The van der Waals surface area contributed by atoms with Crippen LogP contribution in [0.25, 0.3) is 0 Å². The predicted molar refractivity (Wildman–Crippen MR) is 58.7 cm³/mol. The summed E-state index contributed by atoms with van der Waals surface area (Å²) in [7, 11) is 1.30. The number of nitrogens with zero attached hydrogens (tertiary/aromatic N) is 2. The van der Waals surface area contributed by atoms with Gasteiger partial charge in [0.15, 0.2) is 0 Å². The monoisotopic (exact) mass is 239 g/mol. The summed E-state index contributed by atoms with van der Waals surface area (Å²) in [6, 6.07) is 1.26. The number of methoxy groups -OCH3 is 1. The summed E-state index contributed by atoms with van der Waals surface area (Å²) in [5.41, 5.74) is -0.966. The molecule has 1 aliphatic rings. The predicted octanol–water partition coefficient (Wildman–Crippen LogP) is -0.103. The molecule has 92 valence electrons. The smallest absolute Gasteiger partial charge is 0.411 e. The first-order valence-electron chi connectivity index (χ1n) is 5.29. The second-order valence-corrected chi connectivity index (χ2v) is 3.80. The maximum Gasteiger partial charge on any atom is 0.411 e. The molecule has 1 saturated heterocycles. The van der Waals surface area contributed by atoms with Crippen LogP contribution in [0.4, 0.5) is 4.79 Å². The van der Waals surface area contributed by atoms with Crippen molar-refractivity contribution in [3.05, 3.63) is 33.1 Å². The first-order chi connectivity index (χ1) is 8.13. The van der Waals surface area contributed by atoms with Crippen molar-refractivity contribution in [3.63, 3.8) is 0 Å². The Kier molecular flexibility index (Phi) is 2.99. The number of amides is 1. The fourth-order valence-corrected chi connectivity index (χ4v) is 2.03. The highest BCUT2D eigenvalue weighted by atomic mass is 16.5. The lowest BCUT2D eigenvalue weighted by Crippen LogP contribution is -2.40. The van der Waals surface area contributed by atoms with Gasteiger partial charge in [-0.3, -0.25) is 19.2 Å². The van der Waals surface area contributed by atoms with E-state index in [0.29, 0.717) is 13.0 Å². The Morgan fingerprint density at radius 3 is 2.94 bits per heavy atom. The van der Waals surface area contributed by atoms with Crippen LogP contribution < -0.4 is 11.2 Å². The quantitative estimate of drug-likeness (QED) is 0.741. The van der Waals surface area contributed by atoms with E-state index in [0.717, 1.165) is 6.42 Å². The van der Waals surface area contributed by atoms with Gasteiger partial charge in [0.25, 0.3) is 5.56 Å². The molecule has 1 aromatic heterocycles.